The van der Waals surface area contributed by atoms with Crippen LogP contribution in [0.2, 0.25) is 0 Å². The molecule has 5 heteroatoms. The van der Waals surface area contributed by atoms with Gasteiger partial charge in [-0.3, -0.25) is 10.1 Å². The van der Waals surface area contributed by atoms with E-state index in [4.69, 9.17) is 5.73 Å². The summed E-state index contributed by atoms with van der Waals surface area (Å²) in [5.41, 5.74) is 6.04. The lowest BCUT2D eigenvalue weighted by Crippen LogP contribution is -2.06. The molecule has 0 radical (unpaired) electrons. The monoisotopic (exact) mass is 209 g/mol. The number of nitro groups is 1. The van der Waals surface area contributed by atoms with Gasteiger partial charge in [0.1, 0.15) is 5.69 Å². The van der Waals surface area contributed by atoms with Gasteiger partial charge in [0.25, 0.3) is 5.69 Å². The number of hydrogen-bond donors (Lipinski definition) is 2. The Balaban J connectivity index is 2.56. The first-order chi connectivity index (χ1) is 7.25. The van der Waals surface area contributed by atoms with E-state index in [9.17, 15) is 10.1 Å². The van der Waals surface area contributed by atoms with E-state index in [1.165, 1.54) is 6.07 Å². The Bertz CT molecular complexity index is 328. The standard InChI is InChI=1S/C10H15N3O2/c11-7-3-4-8-12-9-5-1-2-6-10(9)13(14)15/h1-2,5-6,12H,3-4,7-8,11H2. The highest BCUT2D eigenvalue weighted by Gasteiger charge is 2.10. The van der Waals surface area contributed by atoms with Crippen LogP contribution in [0.15, 0.2) is 24.3 Å². The summed E-state index contributed by atoms with van der Waals surface area (Å²) in [6, 6.07) is 6.63. The quantitative estimate of drug-likeness (QED) is 0.425. The molecule has 0 aliphatic rings. The number of hydrogen-bond acceptors (Lipinski definition) is 4. The van der Waals surface area contributed by atoms with Crippen LogP contribution in [0.5, 0.6) is 0 Å². The number of anilines is 1. The van der Waals surface area contributed by atoms with Gasteiger partial charge in [-0.1, -0.05) is 12.1 Å². The molecule has 0 amide bonds. The zero-order valence-corrected chi connectivity index (χ0v) is 8.48. The summed E-state index contributed by atoms with van der Waals surface area (Å²) in [4.78, 5) is 10.3. The molecule has 0 heterocycles. The zero-order chi connectivity index (χ0) is 11.1. The SMILES string of the molecule is NCCCCNc1ccccc1[N+](=O)[O-]. The second-order valence-electron chi connectivity index (χ2n) is 3.20. The number of nitro benzene ring substituents is 1. The lowest BCUT2D eigenvalue weighted by molar-refractivity contribution is -0.384. The molecule has 0 aliphatic carbocycles. The van der Waals surface area contributed by atoms with Gasteiger partial charge >= 0.3 is 0 Å². The van der Waals surface area contributed by atoms with Crippen molar-refractivity contribution in [1.82, 2.24) is 0 Å². The highest BCUT2D eigenvalue weighted by Crippen LogP contribution is 2.22. The van der Waals surface area contributed by atoms with Crippen molar-refractivity contribution in [1.29, 1.82) is 0 Å². The van der Waals surface area contributed by atoms with Gasteiger partial charge in [-0.15, -0.1) is 0 Å². The summed E-state index contributed by atoms with van der Waals surface area (Å²) in [6.45, 7) is 1.36. The van der Waals surface area contributed by atoms with Crippen molar-refractivity contribution in [2.24, 2.45) is 5.73 Å². The topological polar surface area (TPSA) is 81.2 Å². The van der Waals surface area contributed by atoms with Crippen LogP contribution in [-0.2, 0) is 0 Å². The van der Waals surface area contributed by atoms with Gasteiger partial charge in [0.05, 0.1) is 4.92 Å². The van der Waals surface area contributed by atoms with Crippen LogP contribution in [0.4, 0.5) is 11.4 Å². The lowest BCUT2D eigenvalue weighted by Gasteiger charge is -2.05. The Morgan fingerprint density at radius 3 is 2.73 bits per heavy atom. The fourth-order valence-corrected chi connectivity index (χ4v) is 1.27. The van der Waals surface area contributed by atoms with Gasteiger partial charge in [0, 0.05) is 12.6 Å². The Morgan fingerprint density at radius 2 is 2.07 bits per heavy atom. The predicted octanol–water partition coefficient (Wildman–Crippen LogP) is 1.75. The zero-order valence-electron chi connectivity index (χ0n) is 8.48. The van der Waals surface area contributed by atoms with Crippen LogP contribution in [0.1, 0.15) is 12.8 Å². The molecular formula is C10H15N3O2. The maximum Gasteiger partial charge on any atom is 0.292 e. The van der Waals surface area contributed by atoms with Gasteiger partial charge in [-0.25, -0.2) is 0 Å². The second kappa shape index (κ2) is 5.98. The van der Waals surface area contributed by atoms with E-state index in [1.807, 2.05) is 0 Å². The van der Waals surface area contributed by atoms with Gasteiger partial charge < -0.3 is 11.1 Å². The van der Waals surface area contributed by atoms with Crippen molar-refractivity contribution < 1.29 is 4.92 Å². The van der Waals surface area contributed by atoms with Crippen LogP contribution in [0, 0.1) is 10.1 Å². The molecular weight excluding hydrogens is 194 g/mol. The first-order valence-electron chi connectivity index (χ1n) is 4.93. The van der Waals surface area contributed by atoms with Gasteiger partial charge in [0.2, 0.25) is 0 Å². The van der Waals surface area contributed by atoms with Crippen molar-refractivity contribution in [3.8, 4) is 0 Å². The molecule has 82 valence electrons. The summed E-state index contributed by atoms with van der Waals surface area (Å²) in [6.07, 6.45) is 1.84. The molecule has 1 aromatic carbocycles. The highest BCUT2D eigenvalue weighted by atomic mass is 16.6. The molecule has 0 fully saturated rings. The number of nitrogens with one attached hydrogen (secondary N) is 1. The predicted molar refractivity (Wildman–Crippen MR) is 59.9 cm³/mol. The Labute approximate surface area is 88.4 Å². The Kier molecular flexibility index (Phi) is 4.56. The number of rotatable bonds is 6. The number of benzene rings is 1. The van der Waals surface area contributed by atoms with Crippen molar-refractivity contribution in [2.75, 3.05) is 18.4 Å². The van der Waals surface area contributed by atoms with E-state index in [0.717, 1.165) is 12.8 Å². The minimum Gasteiger partial charge on any atom is -0.379 e. The van der Waals surface area contributed by atoms with Crippen LogP contribution < -0.4 is 11.1 Å². The van der Waals surface area contributed by atoms with E-state index in [2.05, 4.69) is 5.32 Å². The van der Waals surface area contributed by atoms with E-state index in [-0.39, 0.29) is 10.6 Å². The molecule has 0 atom stereocenters. The third kappa shape index (κ3) is 3.55. The molecule has 1 rings (SSSR count). The maximum absolute atomic E-state index is 10.7. The van der Waals surface area contributed by atoms with E-state index in [1.54, 1.807) is 18.2 Å². The molecule has 0 spiro atoms. The van der Waals surface area contributed by atoms with Crippen LogP contribution in [-0.4, -0.2) is 18.0 Å². The largest absolute Gasteiger partial charge is 0.379 e. The fraction of sp³-hybridized carbons (Fsp3) is 0.400. The molecule has 15 heavy (non-hydrogen) atoms. The number of para-hydroxylation sites is 2. The smallest absolute Gasteiger partial charge is 0.292 e. The molecule has 0 saturated carbocycles. The van der Waals surface area contributed by atoms with E-state index >= 15 is 0 Å². The highest BCUT2D eigenvalue weighted by molar-refractivity contribution is 5.60. The number of nitrogens with zero attached hydrogens (tertiary/aromatic N) is 1. The van der Waals surface area contributed by atoms with Gasteiger partial charge in [0.15, 0.2) is 0 Å². The first kappa shape index (κ1) is 11.5. The summed E-state index contributed by atoms with van der Waals surface area (Å²) >= 11 is 0. The molecule has 0 saturated heterocycles. The second-order valence-corrected chi connectivity index (χ2v) is 3.20. The lowest BCUT2D eigenvalue weighted by atomic mass is 10.2. The minimum absolute atomic E-state index is 0.116. The number of nitrogens with two attached hydrogens (primary N) is 1. The van der Waals surface area contributed by atoms with Crippen LogP contribution in [0.3, 0.4) is 0 Å². The molecule has 0 bridgehead atoms. The summed E-state index contributed by atoms with van der Waals surface area (Å²) in [5.74, 6) is 0. The summed E-state index contributed by atoms with van der Waals surface area (Å²) < 4.78 is 0. The average molecular weight is 209 g/mol. The normalized spacial score (nSPS) is 9.93. The third-order valence-electron chi connectivity index (χ3n) is 2.05. The average Bonchev–Trinajstić information content (AvgIpc) is 2.25. The number of unbranched alkanes of at least 4 members (excludes halogenated alkanes) is 1. The van der Waals surface area contributed by atoms with Crippen molar-refractivity contribution in [3.05, 3.63) is 34.4 Å². The summed E-state index contributed by atoms with van der Waals surface area (Å²) in [7, 11) is 0. The molecule has 0 aliphatic heterocycles. The molecule has 5 nitrogen and oxygen atoms in total. The van der Waals surface area contributed by atoms with Crippen LogP contribution >= 0.6 is 0 Å². The third-order valence-corrected chi connectivity index (χ3v) is 2.05. The van der Waals surface area contributed by atoms with Crippen molar-refractivity contribution in [3.63, 3.8) is 0 Å². The Hall–Kier alpha value is -1.62. The fourth-order valence-electron chi connectivity index (χ4n) is 1.27. The molecule has 1 aromatic rings. The van der Waals surface area contributed by atoms with E-state index < -0.39 is 0 Å². The first-order valence-corrected chi connectivity index (χ1v) is 4.93. The van der Waals surface area contributed by atoms with Crippen molar-refractivity contribution in [2.45, 2.75) is 12.8 Å². The van der Waals surface area contributed by atoms with Crippen molar-refractivity contribution >= 4 is 11.4 Å². The Morgan fingerprint density at radius 1 is 1.33 bits per heavy atom. The molecule has 0 aromatic heterocycles. The van der Waals surface area contributed by atoms with Gasteiger partial charge in [-0.2, -0.15) is 0 Å². The molecule has 3 N–H and O–H groups in total. The minimum atomic E-state index is -0.384. The van der Waals surface area contributed by atoms with Gasteiger partial charge in [-0.05, 0) is 25.5 Å². The molecule has 0 unspecified atom stereocenters. The maximum atomic E-state index is 10.7. The summed E-state index contributed by atoms with van der Waals surface area (Å²) in [5, 5.41) is 13.7. The van der Waals surface area contributed by atoms with Crippen LogP contribution in [0.25, 0.3) is 0 Å². The van der Waals surface area contributed by atoms with E-state index in [0.29, 0.717) is 18.8 Å².